The van der Waals surface area contributed by atoms with E-state index in [1.165, 1.54) is 14.9 Å². The molecule has 3 heterocycles. The number of benzene rings is 1. The first-order valence-electron chi connectivity index (χ1n) is 11.5. The Morgan fingerprint density at radius 3 is 2.61 bits per heavy atom. The molecule has 188 valence electrons. The van der Waals surface area contributed by atoms with Gasteiger partial charge in [0.15, 0.2) is 0 Å². The zero-order chi connectivity index (χ0) is 25.7. The minimum atomic E-state index is -1.21. The topological polar surface area (TPSA) is 114 Å². The number of carboxylic acids is 1. The van der Waals surface area contributed by atoms with Crippen molar-refractivity contribution in [2.45, 2.75) is 31.6 Å². The van der Waals surface area contributed by atoms with Crippen LogP contribution in [0, 0.1) is 12.3 Å². The Morgan fingerprint density at radius 1 is 1.17 bits per heavy atom. The summed E-state index contributed by atoms with van der Waals surface area (Å²) in [6.07, 6.45) is 4.67. The van der Waals surface area contributed by atoms with Crippen molar-refractivity contribution in [2.75, 3.05) is 26.2 Å². The fourth-order valence-corrected chi connectivity index (χ4v) is 5.26. The summed E-state index contributed by atoms with van der Waals surface area (Å²) < 4.78 is 0. The molecule has 2 fully saturated rings. The number of terminal acetylenes is 1. The van der Waals surface area contributed by atoms with E-state index < -0.39 is 42.4 Å². The number of amides is 4. The number of piperazine rings is 1. The van der Waals surface area contributed by atoms with Gasteiger partial charge in [-0.1, -0.05) is 42.3 Å². The molecule has 0 bridgehead atoms. The van der Waals surface area contributed by atoms with Crippen molar-refractivity contribution in [3.05, 3.63) is 58.3 Å². The maximum Gasteiger partial charge on any atom is 0.334 e. The number of aliphatic carboxylic acids is 1. The van der Waals surface area contributed by atoms with E-state index in [0.717, 1.165) is 10.4 Å². The second-order valence-electron chi connectivity index (χ2n) is 8.52. The first-order valence-corrected chi connectivity index (χ1v) is 12.4. The molecule has 0 aliphatic carbocycles. The minimum absolute atomic E-state index is 0.00156. The zero-order valence-corrected chi connectivity index (χ0v) is 20.4. The van der Waals surface area contributed by atoms with Gasteiger partial charge in [0.1, 0.15) is 12.2 Å². The predicted octanol–water partition coefficient (Wildman–Crippen LogP) is 1.21. The van der Waals surface area contributed by atoms with Crippen molar-refractivity contribution in [1.29, 1.82) is 0 Å². The molecule has 0 spiro atoms. The summed E-state index contributed by atoms with van der Waals surface area (Å²) in [4.78, 5) is 55.4. The fourth-order valence-electron chi connectivity index (χ4n) is 4.56. The number of nitrogens with one attached hydrogen (secondary N) is 1. The quantitative estimate of drug-likeness (QED) is 0.517. The third-order valence-electron chi connectivity index (χ3n) is 6.17. The van der Waals surface area contributed by atoms with Gasteiger partial charge in [-0.25, -0.2) is 9.80 Å². The van der Waals surface area contributed by atoms with Gasteiger partial charge in [0.2, 0.25) is 11.8 Å². The van der Waals surface area contributed by atoms with Gasteiger partial charge in [-0.15, -0.1) is 17.8 Å². The second-order valence-corrected chi connectivity index (χ2v) is 9.56. The van der Waals surface area contributed by atoms with E-state index in [1.54, 1.807) is 16.2 Å². The monoisotopic (exact) mass is 509 g/mol. The molecule has 2 aromatic rings. The molecule has 11 heteroatoms. The van der Waals surface area contributed by atoms with Gasteiger partial charge in [0, 0.05) is 18.0 Å². The van der Waals surface area contributed by atoms with E-state index in [2.05, 4.69) is 11.2 Å². The average Bonchev–Trinajstić information content (AvgIpc) is 3.37. The van der Waals surface area contributed by atoms with Crippen LogP contribution in [-0.2, 0) is 27.3 Å². The maximum absolute atomic E-state index is 13.4. The summed E-state index contributed by atoms with van der Waals surface area (Å²) in [6.45, 7) is 0.397. The summed E-state index contributed by atoms with van der Waals surface area (Å²) in [5.74, 6) is 0.396. The highest BCUT2D eigenvalue weighted by molar-refractivity contribution is 7.09. The molecule has 0 radical (unpaired) electrons. The van der Waals surface area contributed by atoms with E-state index >= 15 is 0 Å². The lowest BCUT2D eigenvalue weighted by atomic mass is 10.0. The van der Waals surface area contributed by atoms with Crippen LogP contribution >= 0.6 is 11.3 Å². The van der Waals surface area contributed by atoms with E-state index in [4.69, 9.17) is 6.42 Å². The van der Waals surface area contributed by atoms with Crippen LogP contribution in [0.5, 0.6) is 0 Å². The number of carbonyl (C=O) groups excluding carboxylic acids is 3. The Labute approximate surface area is 213 Å². The van der Waals surface area contributed by atoms with E-state index in [1.807, 2.05) is 47.8 Å². The van der Waals surface area contributed by atoms with Gasteiger partial charge >= 0.3 is 12.0 Å². The highest BCUT2D eigenvalue weighted by Crippen LogP contribution is 2.28. The number of hydrazine groups is 1. The van der Waals surface area contributed by atoms with Crippen molar-refractivity contribution in [3.8, 4) is 12.3 Å². The van der Waals surface area contributed by atoms with Crippen LogP contribution < -0.4 is 5.32 Å². The number of hydrogen-bond acceptors (Lipinski definition) is 6. The van der Waals surface area contributed by atoms with Gasteiger partial charge in [-0.2, -0.15) is 5.01 Å². The minimum Gasteiger partial charge on any atom is -0.481 e. The molecule has 2 atom stereocenters. The molecule has 36 heavy (non-hydrogen) atoms. The largest absolute Gasteiger partial charge is 0.481 e. The van der Waals surface area contributed by atoms with E-state index in [-0.39, 0.29) is 26.2 Å². The first-order chi connectivity index (χ1) is 17.4. The predicted molar refractivity (Wildman–Crippen MR) is 132 cm³/mol. The first kappa shape index (κ1) is 25.2. The standard InChI is InChI=1S/C25H27N5O5S/c1-2-11-28-17-22(31)29-20(14-23(32)33)24(34)27(12-10-19-9-6-13-36-19)16-21(29)30(28)25(35)26-15-18-7-4-3-5-8-18/h1,3-9,13,20-21H,10-12,14-17H2,(H,26,35)(H,32,33)/t20-,21-/m0/s1. The Morgan fingerprint density at radius 2 is 1.94 bits per heavy atom. The van der Waals surface area contributed by atoms with Crippen LogP contribution in [0.15, 0.2) is 47.8 Å². The molecule has 1 aromatic heterocycles. The highest BCUT2D eigenvalue weighted by atomic mass is 32.1. The molecule has 0 unspecified atom stereocenters. The summed E-state index contributed by atoms with van der Waals surface area (Å²) in [5, 5.41) is 17.1. The normalized spacial score (nSPS) is 20.1. The van der Waals surface area contributed by atoms with Gasteiger partial charge in [0.05, 0.1) is 26.1 Å². The summed E-state index contributed by atoms with van der Waals surface area (Å²) in [5.41, 5.74) is 0.888. The molecule has 1 aromatic carbocycles. The Kier molecular flexibility index (Phi) is 7.87. The molecule has 4 amide bonds. The molecule has 2 aliphatic heterocycles. The van der Waals surface area contributed by atoms with Crippen LogP contribution in [0.25, 0.3) is 0 Å². The Bertz CT molecular complexity index is 1150. The van der Waals surface area contributed by atoms with Gasteiger partial charge in [0.25, 0.3) is 0 Å². The number of hydrogen-bond donors (Lipinski definition) is 2. The third-order valence-corrected chi connectivity index (χ3v) is 7.11. The summed E-state index contributed by atoms with van der Waals surface area (Å²) in [6, 6.07) is 11.5. The van der Waals surface area contributed by atoms with E-state index in [0.29, 0.717) is 13.0 Å². The lowest BCUT2D eigenvalue weighted by Gasteiger charge is -2.54. The number of carbonyl (C=O) groups is 4. The molecule has 2 saturated heterocycles. The summed E-state index contributed by atoms with van der Waals surface area (Å²) >= 11 is 1.56. The molecule has 10 nitrogen and oxygen atoms in total. The molecule has 2 aliphatic rings. The molecular weight excluding hydrogens is 482 g/mol. The average molecular weight is 510 g/mol. The number of carboxylic acid groups (broad SMARTS) is 1. The summed E-state index contributed by atoms with van der Waals surface area (Å²) in [7, 11) is 0. The molecule has 2 N–H and O–H groups in total. The highest BCUT2D eigenvalue weighted by Gasteiger charge is 2.51. The zero-order valence-electron chi connectivity index (χ0n) is 19.6. The Hall–Kier alpha value is -3.88. The number of urea groups is 1. The lowest BCUT2D eigenvalue weighted by Crippen LogP contribution is -2.76. The van der Waals surface area contributed by atoms with Crippen molar-refractivity contribution in [3.63, 3.8) is 0 Å². The fraction of sp³-hybridized carbons (Fsp3) is 0.360. The van der Waals surface area contributed by atoms with Crippen LogP contribution in [-0.4, -0.2) is 87.1 Å². The van der Waals surface area contributed by atoms with Gasteiger partial charge in [-0.05, 0) is 23.4 Å². The van der Waals surface area contributed by atoms with Crippen LogP contribution in [0.4, 0.5) is 4.79 Å². The van der Waals surface area contributed by atoms with Crippen LogP contribution in [0.1, 0.15) is 16.9 Å². The SMILES string of the molecule is C#CCN1CC(=O)N2[C@@H](CC(=O)O)C(=O)N(CCc3cccs3)C[C@@H]2N1C(=O)NCc1ccccc1. The number of rotatable bonds is 8. The number of fused-ring (bicyclic) bond motifs is 1. The molecule has 4 rings (SSSR count). The smallest absolute Gasteiger partial charge is 0.334 e. The van der Waals surface area contributed by atoms with Crippen LogP contribution in [0.3, 0.4) is 0 Å². The Balaban J connectivity index is 1.62. The number of nitrogens with zero attached hydrogens (tertiary/aromatic N) is 4. The lowest BCUT2D eigenvalue weighted by molar-refractivity contribution is -0.190. The van der Waals surface area contributed by atoms with Gasteiger partial charge in [-0.3, -0.25) is 14.4 Å². The van der Waals surface area contributed by atoms with Crippen molar-refractivity contribution in [2.24, 2.45) is 0 Å². The maximum atomic E-state index is 13.4. The number of thiophene rings is 1. The second kappa shape index (κ2) is 11.2. The van der Waals surface area contributed by atoms with Crippen molar-refractivity contribution in [1.82, 2.24) is 25.1 Å². The third kappa shape index (κ3) is 5.50. The van der Waals surface area contributed by atoms with Crippen molar-refractivity contribution >= 4 is 35.2 Å². The van der Waals surface area contributed by atoms with Crippen LogP contribution in [0.2, 0.25) is 0 Å². The van der Waals surface area contributed by atoms with Crippen molar-refractivity contribution < 1.29 is 24.3 Å². The van der Waals surface area contributed by atoms with E-state index in [9.17, 15) is 24.3 Å². The van der Waals surface area contributed by atoms with Gasteiger partial charge < -0.3 is 20.2 Å². The molecular formula is C25H27N5O5S. The molecule has 0 saturated carbocycles.